The van der Waals surface area contributed by atoms with Gasteiger partial charge in [0.15, 0.2) is 0 Å². The molecule has 7 heteroatoms. The SMILES string of the molecule is C[C@@H](N)c1cnn(CCC(F)(F)F)c1.Cl. The van der Waals surface area contributed by atoms with E-state index in [-0.39, 0.29) is 25.0 Å². The molecule has 88 valence electrons. The first kappa shape index (κ1) is 14.2. The molecule has 1 aromatic heterocycles. The Hall–Kier alpha value is -0.750. The van der Waals surface area contributed by atoms with Gasteiger partial charge in [0.05, 0.1) is 12.6 Å². The van der Waals surface area contributed by atoms with Crippen molar-refractivity contribution in [2.75, 3.05) is 0 Å². The van der Waals surface area contributed by atoms with Crippen LogP contribution in [0, 0.1) is 0 Å². The maximum absolute atomic E-state index is 11.8. The first-order valence-electron chi connectivity index (χ1n) is 4.23. The summed E-state index contributed by atoms with van der Waals surface area (Å²) in [7, 11) is 0. The highest BCUT2D eigenvalue weighted by Crippen LogP contribution is 2.20. The molecule has 0 aliphatic rings. The molecule has 0 aromatic carbocycles. The Balaban J connectivity index is 0.00000196. The summed E-state index contributed by atoms with van der Waals surface area (Å²) in [5.41, 5.74) is 6.28. The van der Waals surface area contributed by atoms with Crippen molar-refractivity contribution < 1.29 is 13.2 Å². The molecule has 0 saturated carbocycles. The van der Waals surface area contributed by atoms with Crippen LogP contribution in [0.5, 0.6) is 0 Å². The van der Waals surface area contributed by atoms with Gasteiger partial charge < -0.3 is 5.73 Å². The molecule has 0 bridgehead atoms. The Morgan fingerprint density at radius 2 is 2.13 bits per heavy atom. The molecule has 0 fully saturated rings. The number of aryl methyl sites for hydroxylation is 1. The summed E-state index contributed by atoms with van der Waals surface area (Å²) in [6, 6.07) is -0.199. The molecular formula is C8H13ClF3N3. The molecule has 0 radical (unpaired) electrons. The smallest absolute Gasteiger partial charge is 0.324 e. The molecule has 3 nitrogen and oxygen atoms in total. The lowest BCUT2D eigenvalue weighted by Crippen LogP contribution is -2.12. The van der Waals surface area contributed by atoms with Crippen molar-refractivity contribution in [1.82, 2.24) is 9.78 Å². The van der Waals surface area contributed by atoms with Crippen LogP contribution in [0.4, 0.5) is 13.2 Å². The van der Waals surface area contributed by atoms with Crippen molar-refractivity contribution in [3.05, 3.63) is 18.0 Å². The Kier molecular flexibility index (Phi) is 5.10. The lowest BCUT2D eigenvalue weighted by molar-refractivity contribution is -0.137. The van der Waals surface area contributed by atoms with Gasteiger partial charge in [0, 0.05) is 24.3 Å². The van der Waals surface area contributed by atoms with Gasteiger partial charge >= 0.3 is 6.18 Å². The van der Waals surface area contributed by atoms with Gasteiger partial charge in [0.1, 0.15) is 0 Å². The number of nitrogens with zero attached hydrogens (tertiary/aromatic N) is 2. The zero-order chi connectivity index (χ0) is 10.8. The molecule has 15 heavy (non-hydrogen) atoms. The summed E-state index contributed by atoms with van der Waals surface area (Å²) in [6.07, 6.45) is -1.98. The summed E-state index contributed by atoms with van der Waals surface area (Å²) in [6.45, 7) is 1.60. The van der Waals surface area contributed by atoms with Crippen molar-refractivity contribution in [1.29, 1.82) is 0 Å². The van der Waals surface area contributed by atoms with Gasteiger partial charge in [0.2, 0.25) is 0 Å². The quantitative estimate of drug-likeness (QED) is 0.885. The Morgan fingerprint density at radius 1 is 1.53 bits per heavy atom. The van der Waals surface area contributed by atoms with E-state index in [1.54, 1.807) is 6.92 Å². The average molecular weight is 244 g/mol. The molecule has 1 heterocycles. The third kappa shape index (κ3) is 5.03. The largest absolute Gasteiger partial charge is 0.390 e. The normalized spacial score (nSPS) is 13.4. The number of hydrogen-bond donors (Lipinski definition) is 1. The minimum Gasteiger partial charge on any atom is -0.324 e. The molecule has 0 aliphatic carbocycles. The molecular weight excluding hydrogens is 231 g/mol. The van der Waals surface area contributed by atoms with E-state index >= 15 is 0 Å². The van der Waals surface area contributed by atoms with Gasteiger partial charge in [-0.1, -0.05) is 0 Å². The van der Waals surface area contributed by atoms with E-state index in [1.165, 1.54) is 17.1 Å². The maximum atomic E-state index is 11.8. The summed E-state index contributed by atoms with van der Waals surface area (Å²) in [5, 5.41) is 3.78. The maximum Gasteiger partial charge on any atom is 0.390 e. The highest BCUT2D eigenvalue weighted by atomic mass is 35.5. The zero-order valence-electron chi connectivity index (χ0n) is 8.16. The third-order valence-electron chi connectivity index (χ3n) is 1.80. The van der Waals surface area contributed by atoms with E-state index in [4.69, 9.17) is 5.73 Å². The summed E-state index contributed by atoms with van der Waals surface area (Å²) < 4.78 is 36.8. The van der Waals surface area contributed by atoms with E-state index in [1.807, 2.05) is 0 Å². The number of halogens is 4. The van der Waals surface area contributed by atoms with E-state index in [0.29, 0.717) is 0 Å². The van der Waals surface area contributed by atoms with E-state index in [2.05, 4.69) is 5.10 Å². The number of aromatic nitrogens is 2. The van der Waals surface area contributed by atoms with Gasteiger partial charge in [-0.3, -0.25) is 4.68 Å². The molecule has 1 aromatic rings. The van der Waals surface area contributed by atoms with Crippen LogP contribution in [0.2, 0.25) is 0 Å². The fourth-order valence-corrected chi connectivity index (χ4v) is 0.978. The van der Waals surface area contributed by atoms with Crippen molar-refractivity contribution in [2.45, 2.75) is 32.1 Å². The number of rotatable bonds is 3. The molecule has 0 saturated heterocycles. The molecule has 1 atom stereocenters. The second-order valence-electron chi connectivity index (χ2n) is 3.19. The molecule has 0 unspecified atom stereocenters. The standard InChI is InChI=1S/C8H12F3N3.ClH/c1-6(12)7-4-13-14(5-7)3-2-8(9,10)11;/h4-6H,2-3,12H2,1H3;1H/t6-;/m1./s1. The zero-order valence-corrected chi connectivity index (χ0v) is 8.98. The Bertz CT molecular complexity index is 296. The highest BCUT2D eigenvalue weighted by Gasteiger charge is 2.26. The van der Waals surface area contributed by atoms with Crippen LogP contribution >= 0.6 is 12.4 Å². The predicted octanol–water partition coefficient (Wildman–Crippen LogP) is 2.28. The molecule has 0 aliphatic heterocycles. The second-order valence-corrected chi connectivity index (χ2v) is 3.19. The lowest BCUT2D eigenvalue weighted by Gasteiger charge is -2.05. The highest BCUT2D eigenvalue weighted by molar-refractivity contribution is 5.85. The molecule has 0 amide bonds. The van der Waals surface area contributed by atoms with Gasteiger partial charge in [-0.15, -0.1) is 12.4 Å². The van der Waals surface area contributed by atoms with Crippen LogP contribution < -0.4 is 5.73 Å². The predicted molar refractivity (Wildman–Crippen MR) is 52.7 cm³/mol. The van der Waals surface area contributed by atoms with E-state index < -0.39 is 12.6 Å². The first-order chi connectivity index (χ1) is 6.38. The Labute approximate surface area is 91.9 Å². The van der Waals surface area contributed by atoms with Crippen molar-refractivity contribution in [2.24, 2.45) is 5.73 Å². The van der Waals surface area contributed by atoms with Gasteiger partial charge in [-0.05, 0) is 6.92 Å². The first-order valence-corrected chi connectivity index (χ1v) is 4.23. The Morgan fingerprint density at radius 3 is 2.53 bits per heavy atom. The van der Waals surface area contributed by atoms with Crippen LogP contribution in [0.3, 0.4) is 0 Å². The monoisotopic (exact) mass is 243 g/mol. The van der Waals surface area contributed by atoms with Crippen LogP contribution in [0.1, 0.15) is 24.9 Å². The van der Waals surface area contributed by atoms with Crippen LogP contribution in [0.25, 0.3) is 0 Å². The third-order valence-corrected chi connectivity index (χ3v) is 1.80. The number of hydrogen-bond acceptors (Lipinski definition) is 2. The van der Waals surface area contributed by atoms with E-state index in [9.17, 15) is 13.2 Å². The topological polar surface area (TPSA) is 43.8 Å². The van der Waals surface area contributed by atoms with Crippen molar-refractivity contribution in [3.63, 3.8) is 0 Å². The number of alkyl halides is 3. The van der Waals surface area contributed by atoms with Crippen LogP contribution in [0.15, 0.2) is 12.4 Å². The van der Waals surface area contributed by atoms with E-state index in [0.717, 1.165) is 5.56 Å². The fourth-order valence-electron chi connectivity index (χ4n) is 0.978. The summed E-state index contributed by atoms with van der Waals surface area (Å²) >= 11 is 0. The van der Waals surface area contributed by atoms with Crippen LogP contribution in [-0.2, 0) is 6.54 Å². The van der Waals surface area contributed by atoms with Crippen LogP contribution in [-0.4, -0.2) is 16.0 Å². The fraction of sp³-hybridized carbons (Fsp3) is 0.625. The molecule has 1 rings (SSSR count). The summed E-state index contributed by atoms with van der Waals surface area (Å²) in [4.78, 5) is 0. The van der Waals surface area contributed by atoms with Gasteiger partial charge in [-0.2, -0.15) is 18.3 Å². The minimum absolute atomic E-state index is 0. The van der Waals surface area contributed by atoms with Gasteiger partial charge in [-0.25, -0.2) is 0 Å². The summed E-state index contributed by atoms with van der Waals surface area (Å²) in [5.74, 6) is 0. The molecule has 0 spiro atoms. The second kappa shape index (κ2) is 5.37. The van der Waals surface area contributed by atoms with Gasteiger partial charge in [0.25, 0.3) is 0 Å². The van der Waals surface area contributed by atoms with Crippen molar-refractivity contribution in [3.8, 4) is 0 Å². The van der Waals surface area contributed by atoms with Crippen molar-refractivity contribution >= 4 is 12.4 Å². The average Bonchev–Trinajstić information content (AvgIpc) is 2.47. The molecule has 2 N–H and O–H groups in total. The lowest BCUT2D eigenvalue weighted by atomic mass is 10.2. The minimum atomic E-state index is -4.14. The number of nitrogens with two attached hydrogens (primary N) is 1.